The molecule has 0 unspecified atom stereocenters. The molecular weight excluding hydrogens is 236 g/mol. The Morgan fingerprint density at radius 2 is 1.74 bits per heavy atom. The van der Waals surface area contributed by atoms with Crippen molar-refractivity contribution in [3.63, 3.8) is 0 Å². The van der Waals surface area contributed by atoms with E-state index in [0.717, 1.165) is 35.9 Å². The smallest absolute Gasteiger partial charge is 0.133 e. The van der Waals surface area contributed by atoms with E-state index in [-0.39, 0.29) is 5.75 Å². The van der Waals surface area contributed by atoms with Crippen LogP contribution in [0, 0.1) is 23.7 Å². The molecule has 0 atom stereocenters. The monoisotopic (exact) mass is 258 g/mol. The van der Waals surface area contributed by atoms with Crippen molar-refractivity contribution in [2.45, 2.75) is 44.7 Å². The third-order valence-corrected chi connectivity index (χ3v) is 5.55. The van der Waals surface area contributed by atoms with Crippen molar-refractivity contribution in [3.8, 4) is 5.75 Å². The first-order chi connectivity index (χ1) is 9.28. The summed E-state index contributed by atoms with van der Waals surface area (Å²) >= 11 is 0. The summed E-state index contributed by atoms with van der Waals surface area (Å²) < 4.78 is 0. The second-order valence-electron chi connectivity index (χ2n) is 6.85. The van der Waals surface area contributed by atoms with Crippen LogP contribution >= 0.6 is 0 Å². The third kappa shape index (κ3) is 2.14. The summed E-state index contributed by atoms with van der Waals surface area (Å²) in [4.78, 5) is 4.27. The summed E-state index contributed by atoms with van der Waals surface area (Å²) in [7, 11) is 0. The van der Waals surface area contributed by atoms with Gasteiger partial charge in [0.2, 0.25) is 0 Å². The minimum Gasteiger partial charge on any atom is -0.506 e. The largest absolute Gasteiger partial charge is 0.506 e. The molecule has 102 valence electrons. The second kappa shape index (κ2) is 4.48. The standard InChI is InChI=1S/C16H22N2O/c19-15-2-1-14(17-9-15)8-18-16-12-4-10-3-11(6-12)7-13(16)5-10/h1-2,9-13,16,18-19H,3-8H2. The minimum absolute atomic E-state index is 0.248. The molecule has 0 radical (unpaired) electrons. The van der Waals surface area contributed by atoms with Gasteiger partial charge in [0, 0.05) is 12.6 Å². The van der Waals surface area contributed by atoms with Crippen molar-refractivity contribution in [1.82, 2.24) is 10.3 Å². The quantitative estimate of drug-likeness (QED) is 0.876. The molecule has 4 fully saturated rings. The van der Waals surface area contributed by atoms with Gasteiger partial charge >= 0.3 is 0 Å². The van der Waals surface area contributed by atoms with Gasteiger partial charge in [-0.15, -0.1) is 0 Å². The van der Waals surface area contributed by atoms with Crippen LogP contribution < -0.4 is 5.32 Å². The Balaban J connectivity index is 1.42. The van der Waals surface area contributed by atoms with Gasteiger partial charge in [0.1, 0.15) is 5.75 Å². The van der Waals surface area contributed by atoms with Crippen LogP contribution in [-0.2, 0) is 6.54 Å². The van der Waals surface area contributed by atoms with Gasteiger partial charge in [-0.1, -0.05) is 0 Å². The van der Waals surface area contributed by atoms with Gasteiger partial charge in [-0.2, -0.15) is 0 Å². The molecule has 0 aliphatic heterocycles. The average molecular weight is 258 g/mol. The lowest BCUT2D eigenvalue weighted by Gasteiger charge is -2.54. The molecule has 19 heavy (non-hydrogen) atoms. The highest BCUT2D eigenvalue weighted by atomic mass is 16.3. The zero-order valence-electron chi connectivity index (χ0n) is 11.3. The Bertz CT molecular complexity index is 428. The van der Waals surface area contributed by atoms with Crippen LogP contribution in [0.25, 0.3) is 0 Å². The first kappa shape index (κ1) is 11.7. The number of hydrogen-bond donors (Lipinski definition) is 2. The van der Waals surface area contributed by atoms with Crippen LogP contribution in [0.2, 0.25) is 0 Å². The van der Waals surface area contributed by atoms with Crippen LogP contribution in [0.1, 0.15) is 37.8 Å². The number of aromatic nitrogens is 1. The normalized spacial score (nSPS) is 39.7. The van der Waals surface area contributed by atoms with Gasteiger partial charge in [0.05, 0.1) is 11.9 Å². The zero-order valence-corrected chi connectivity index (χ0v) is 11.3. The number of aromatic hydroxyl groups is 1. The molecule has 4 bridgehead atoms. The number of pyridine rings is 1. The minimum atomic E-state index is 0.248. The topological polar surface area (TPSA) is 45.1 Å². The summed E-state index contributed by atoms with van der Waals surface area (Å²) in [6, 6.07) is 4.35. The predicted octanol–water partition coefficient (Wildman–Crippen LogP) is 2.70. The van der Waals surface area contributed by atoms with Gasteiger partial charge in [0.25, 0.3) is 0 Å². The fourth-order valence-corrected chi connectivity index (χ4v) is 5.00. The summed E-state index contributed by atoms with van der Waals surface area (Å²) in [5, 5.41) is 13.0. The molecule has 3 nitrogen and oxygen atoms in total. The van der Waals surface area contributed by atoms with Gasteiger partial charge in [-0.3, -0.25) is 4.98 Å². The van der Waals surface area contributed by atoms with Crippen molar-refractivity contribution >= 4 is 0 Å². The lowest BCUT2D eigenvalue weighted by Crippen LogP contribution is -2.54. The maximum atomic E-state index is 9.26. The Labute approximate surface area is 114 Å². The van der Waals surface area contributed by atoms with E-state index in [1.165, 1.54) is 38.3 Å². The number of nitrogens with zero attached hydrogens (tertiary/aromatic N) is 1. The van der Waals surface area contributed by atoms with Crippen LogP contribution in [0.15, 0.2) is 18.3 Å². The molecular formula is C16H22N2O. The Kier molecular flexibility index (Phi) is 2.76. The molecule has 1 aromatic heterocycles. The van der Waals surface area contributed by atoms with Crippen molar-refractivity contribution < 1.29 is 5.11 Å². The molecule has 0 amide bonds. The summed E-state index contributed by atoms with van der Waals surface area (Å²) in [5.41, 5.74) is 1.03. The number of nitrogens with one attached hydrogen (secondary N) is 1. The van der Waals surface area contributed by atoms with Crippen LogP contribution in [0.4, 0.5) is 0 Å². The first-order valence-corrected chi connectivity index (χ1v) is 7.65. The van der Waals surface area contributed by atoms with E-state index in [1.54, 1.807) is 6.07 Å². The summed E-state index contributed by atoms with van der Waals surface area (Å²) in [6.45, 7) is 0.841. The molecule has 2 N–H and O–H groups in total. The third-order valence-electron chi connectivity index (χ3n) is 5.55. The van der Waals surface area contributed by atoms with Gasteiger partial charge in [-0.05, 0) is 67.9 Å². The highest BCUT2D eigenvalue weighted by molar-refractivity contribution is 5.18. The molecule has 0 saturated heterocycles. The molecule has 0 aromatic carbocycles. The zero-order chi connectivity index (χ0) is 12.8. The fourth-order valence-electron chi connectivity index (χ4n) is 5.00. The Morgan fingerprint density at radius 1 is 1.05 bits per heavy atom. The first-order valence-electron chi connectivity index (χ1n) is 7.65. The summed E-state index contributed by atoms with van der Waals surface area (Å²) in [5.74, 6) is 4.14. The van der Waals surface area contributed by atoms with Gasteiger partial charge < -0.3 is 10.4 Å². The lowest BCUT2D eigenvalue weighted by molar-refractivity contribution is -0.0143. The van der Waals surface area contributed by atoms with Crippen LogP contribution in [0.3, 0.4) is 0 Å². The van der Waals surface area contributed by atoms with E-state index < -0.39 is 0 Å². The van der Waals surface area contributed by atoms with E-state index in [2.05, 4.69) is 10.3 Å². The van der Waals surface area contributed by atoms with Crippen LogP contribution in [-0.4, -0.2) is 16.1 Å². The highest BCUT2D eigenvalue weighted by Crippen LogP contribution is 2.53. The molecule has 1 aromatic rings. The van der Waals surface area contributed by atoms with Gasteiger partial charge in [0.15, 0.2) is 0 Å². The van der Waals surface area contributed by atoms with Crippen molar-refractivity contribution in [3.05, 3.63) is 24.0 Å². The van der Waals surface area contributed by atoms with E-state index in [9.17, 15) is 5.11 Å². The average Bonchev–Trinajstić information content (AvgIpc) is 2.39. The fraction of sp³-hybridized carbons (Fsp3) is 0.688. The van der Waals surface area contributed by atoms with E-state index in [1.807, 2.05) is 6.07 Å². The summed E-state index contributed by atoms with van der Waals surface area (Å²) in [6.07, 6.45) is 8.86. The molecule has 4 aliphatic carbocycles. The molecule has 0 spiro atoms. The SMILES string of the molecule is Oc1ccc(CNC2C3CC4CC(C3)CC2C4)nc1. The van der Waals surface area contributed by atoms with Crippen molar-refractivity contribution in [1.29, 1.82) is 0 Å². The Morgan fingerprint density at radius 3 is 2.32 bits per heavy atom. The van der Waals surface area contributed by atoms with Crippen molar-refractivity contribution in [2.24, 2.45) is 23.7 Å². The van der Waals surface area contributed by atoms with E-state index in [0.29, 0.717) is 6.04 Å². The maximum absolute atomic E-state index is 9.26. The predicted molar refractivity (Wildman–Crippen MR) is 73.6 cm³/mol. The van der Waals surface area contributed by atoms with Gasteiger partial charge in [-0.25, -0.2) is 0 Å². The highest BCUT2D eigenvalue weighted by Gasteiger charge is 2.47. The molecule has 4 saturated carbocycles. The number of hydrogen-bond acceptors (Lipinski definition) is 3. The van der Waals surface area contributed by atoms with Crippen LogP contribution in [0.5, 0.6) is 5.75 Å². The van der Waals surface area contributed by atoms with E-state index in [4.69, 9.17) is 0 Å². The maximum Gasteiger partial charge on any atom is 0.133 e. The number of rotatable bonds is 3. The molecule has 4 aliphatic rings. The lowest BCUT2D eigenvalue weighted by atomic mass is 9.54. The second-order valence-corrected chi connectivity index (χ2v) is 6.85. The Hall–Kier alpha value is -1.09. The molecule has 3 heteroatoms. The molecule has 5 rings (SSSR count). The molecule has 1 heterocycles. The van der Waals surface area contributed by atoms with E-state index >= 15 is 0 Å². The van der Waals surface area contributed by atoms with Crippen molar-refractivity contribution in [2.75, 3.05) is 0 Å².